The lowest BCUT2D eigenvalue weighted by molar-refractivity contribution is -0.159. The van der Waals surface area contributed by atoms with Crippen molar-refractivity contribution < 1.29 is 32.6 Å². The lowest BCUT2D eigenvalue weighted by Crippen LogP contribution is -2.48. The van der Waals surface area contributed by atoms with E-state index in [9.17, 15) is 23.1 Å². The molecule has 3 atom stereocenters. The maximum atomic E-state index is 13.1. The first-order valence-electron chi connectivity index (χ1n) is 6.71. The van der Waals surface area contributed by atoms with Gasteiger partial charge in [0, 0.05) is 6.54 Å². The number of carbonyl (C=O) groups is 1. The van der Waals surface area contributed by atoms with Crippen molar-refractivity contribution in [3.63, 3.8) is 0 Å². The Kier molecular flexibility index (Phi) is 4.66. The molecule has 1 saturated heterocycles. The number of alkyl halides is 3. The monoisotopic (exact) mass is 322 g/mol. The molecule has 9 heteroatoms. The van der Waals surface area contributed by atoms with Crippen molar-refractivity contribution >= 4 is 6.03 Å². The van der Waals surface area contributed by atoms with Gasteiger partial charge in [-0.3, -0.25) is 0 Å². The van der Waals surface area contributed by atoms with Gasteiger partial charge in [-0.1, -0.05) is 0 Å². The van der Waals surface area contributed by atoms with Gasteiger partial charge in [-0.2, -0.15) is 13.2 Å². The quantitative estimate of drug-likeness (QED) is 0.784. The minimum atomic E-state index is -4.73. The Bertz CT molecular complexity index is 532. The highest BCUT2D eigenvalue weighted by Gasteiger charge is 2.45. The molecule has 0 spiro atoms. The van der Waals surface area contributed by atoms with Crippen molar-refractivity contribution in [3.8, 4) is 0 Å². The molecule has 3 N–H and O–H groups in total. The number of aryl methyl sites for hydroxylation is 1. The van der Waals surface area contributed by atoms with E-state index in [1.54, 1.807) is 0 Å². The molecular weight excluding hydrogens is 305 g/mol. The van der Waals surface area contributed by atoms with Gasteiger partial charge in [-0.05, 0) is 25.5 Å². The first-order valence-corrected chi connectivity index (χ1v) is 6.71. The highest BCUT2D eigenvalue weighted by Crippen LogP contribution is 2.34. The molecule has 6 nitrogen and oxygen atoms in total. The smallest absolute Gasteiger partial charge is 0.416 e. The average molecular weight is 322 g/mol. The van der Waals surface area contributed by atoms with Crippen LogP contribution in [0.1, 0.15) is 24.0 Å². The largest absolute Gasteiger partial charge is 0.464 e. The van der Waals surface area contributed by atoms with Gasteiger partial charge in [0.05, 0.1) is 18.8 Å². The highest BCUT2D eigenvalue weighted by molar-refractivity contribution is 5.75. The topological polar surface area (TPSA) is 85.9 Å². The molecule has 1 aromatic heterocycles. The predicted octanol–water partition coefficient (Wildman–Crippen LogP) is 1.33. The van der Waals surface area contributed by atoms with Gasteiger partial charge in [0.25, 0.3) is 0 Å². The van der Waals surface area contributed by atoms with Crippen LogP contribution in [0.3, 0.4) is 0 Å². The Morgan fingerprint density at radius 1 is 1.55 bits per heavy atom. The van der Waals surface area contributed by atoms with Crippen LogP contribution >= 0.6 is 0 Å². The summed E-state index contributed by atoms with van der Waals surface area (Å²) in [6.07, 6.45) is -5.47. The number of nitrogens with one attached hydrogen (secondary N) is 1. The van der Waals surface area contributed by atoms with Gasteiger partial charge in [-0.15, -0.1) is 0 Å². The minimum Gasteiger partial charge on any atom is -0.464 e. The van der Waals surface area contributed by atoms with Crippen molar-refractivity contribution in [2.45, 2.75) is 37.7 Å². The number of hydrogen-bond acceptors (Lipinski definition) is 4. The number of aliphatic hydroxyl groups excluding tert-OH is 2. The van der Waals surface area contributed by atoms with Crippen LogP contribution in [0.4, 0.5) is 18.0 Å². The van der Waals surface area contributed by atoms with E-state index < -0.39 is 42.8 Å². The zero-order chi connectivity index (χ0) is 16.5. The number of nitrogens with zero attached hydrogens (tertiary/aromatic N) is 1. The van der Waals surface area contributed by atoms with E-state index in [1.165, 1.54) is 13.0 Å². The molecule has 0 bridgehead atoms. The third-order valence-corrected chi connectivity index (χ3v) is 3.50. The zero-order valence-corrected chi connectivity index (χ0v) is 11.8. The summed E-state index contributed by atoms with van der Waals surface area (Å²) >= 11 is 0. The lowest BCUT2D eigenvalue weighted by Gasteiger charge is -2.27. The van der Waals surface area contributed by atoms with Gasteiger partial charge in [-0.25, -0.2) is 4.79 Å². The van der Waals surface area contributed by atoms with Crippen LogP contribution in [0.5, 0.6) is 0 Å². The Hall–Kier alpha value is -1.74. The van der Waals surface area contributed by atoms with Gasteiger partial charge in [0.2, 0.25) is 0 Å². The summed E-state index contributed by atoms with van der Waals surface area (Å²) in [6, 6.07) is -1.48. The number of furan rings is 1. The van der Waals surface area contributed by atoms with Crippen molar-refractivity contribution in [2.24, 2.45) is 0 Å². The molecule has 1 aliphatic rings. The molecule has 2 rings (SSSR count). The molecule has 0 aromatic carbocycles. The number of aliphatic hydroxyl groups is 2. The minimum absolute atomic E-state index is 0.125. The molecule has 1 aliphatic heterocycles. The fourth-order valence-electron chi connectivity index (χ4n) is 2.44. The Morgan fingerprint density at radius 2 is 2.23 bits per heavy atom. The highest BCUT2D eigenvalue weighted by atomic mass is 19.4. The van der Waals surface area contributed by atoms with Crippen LogP contribution in [0, 0.1) is 6.92 Å². The molecule has 1 fully saturated rings. The van der Waals surface area contributed by atoms with Gasteiger partial charge < -0.3 is 24.8 Å². The summed E-state index contributed by atoms with van der Waals surface area (Å²) in [6.45, 7) is 0.942. The van der Waals surface area contributed by atoms with Crippen molar-refractivity contribution in [2.75, 3.05) is 13.2 Å². The van der Waals surface area contributed by atoms with E-state index >= 15 is 0 Å². The van der Waals surface area contributed by atoms with Gasteiger partial charge in [0.1, 0.15) is 11.5 Å². The third kappa shape index (κ3) is 3.53. The summed E-state index contributed by atoms with van der Waals surface area (Å²) in [5.41, 5.74) is 0. The van der Waals surface area contributed by atoms with E-state index in [1.807, 2.05) is 5.32 Å². The average Bonchev–Trinajstić information content (AvgIpc) is 3.00. The zero-order valence-electron chi connectivity index (χ0n) is 11.8. The number of urea groups is 1. The van der Waals surface area contributed by atoms with Crippen LogP contribution in [-0.4, -0.2) is 52.6 Å². The molecule has 2 heterocycles. The summed E-state index contributed by atoms with van der Waals surface area (Å²) < 4.78 is 44.3. The van der Waals surface area contributed by atoms with Crippen LogP contribution < -0.4 is 5.32 Å². The summed E-state index contributed by atoms with van der Waals surface area (Å²) in [5.74, 6) is -0.123. The second kappa shape index (κ2) is 6.17. The van der Waals surface area contributed by atoms with E-state index in [2.05, 4.69) is 0 Å². The molecule has 0 saturated carbocycles. The molecule has 0 radical (unpaired) electrons. The van der Waals surface area contributed by atoms with E-state index in [-0.39, 0.29) is 13.0 Å². The normalized spacial score (nSPS) is 23.6. The van der Waals surface area contributed by atoms with Crippen LogP contribution in [-0.2, 0) is 0 Å². The molecule has 0 aliphatic carbocycles. The van der Waals surface area contributed by atoms with Gasteiger partial charge >= 0.3 is 12.2 Å². The Balaban J connectivity index is 2.15. The molecule has 22 heavy (non-hydrogen) atoms. The molecule has 3 unspecified atom stereocenters. The predicted molar refractivity (Wildman–Crippen MR) is 69.0 cm³/mol. The first-order chi connectivity index (χ1) is 10.2. The second-order valence-corrected chi connectivity index (χ2v) is 5.25. The second-order valence-electron chi connectivity index (χ2n) is 5.25. The SMILES string of the molecule is Cc1ccc(C(NC(=O)N2CC(O)CC2CO)C(F)(F)F)o1. The number of amides is 2. The lowest BCUT2D eigenvalue weighted by atomic mass is 10.2. The van der Waals surface area contributed by atoms with Crippen molar-refractivity contribution in [1.82, 2.24) is 10.2 Å². The van der Waals surface area contributed by atoms with Crippen LogP contribution in [0.15, 0.2) is 16.5 Å². The van der Waals surface area contributed by atoms with E-state index in [4.69, 9.17) is 9.52 Å². The number of β-amino-alcohol motifs (C(OH)–C–C–N with tert-alkyl or cyclic N) is 1. The standard InChI is InChI=1S/C13H17F3N2O4/c1-7-2-3-10(22-7)11(13(14,15)16)17-12(21)18-5-9(20)4-8(18)6-19/h2-3,8-9,11,19-20H,4-6H2,1H3,(H,17,21). The summed E-state index contributed by atoms with van der Waals surface area (Å²) in [5, 5.41) is 20.5. The van der Waals surface area contributed by atoms with Crippen LogP contribution in [0.2, 0.25) is 0 Å². The Labute approximate surface area is 124 Å². The van der Waals surface area contributed by atoms with Gasteiger partial charge in [0.15, 0.2) is 6.04 Å². The number of rotatable bonds is 3. The fraction of sp³-hybridized carbons (Fsp3) is 0.615. The summed E-state index contributed by atoms with van der Waals surface area (Å²) in [4.78, 5) is 13.0. The molecule has 124 valence electrons. The third-order valence-electron chi connectivity index (χ3n) is 3.50. The maximum Gasteiger partial charge on any atom is 0.416 e. The van der Waals surface area contributed by atoms with E-state index in [0.717, 1.165) is 11.0 Å². The first kappa shape index (κ1) is 16.6. The van der Waals surface area contributed by atoms with Crippen LogP contribution in [0.25, 0.3) is 0 Å². The molecule has 2 amide bonds. The molecule has 1 aromatic rings. The van der Waals surface area contributed by atoms with E-state index in [0.29, 0.717) is 5.76 Å². The van der Waals surface area contributed by atoms with Crippen molar-refractivity contribution in [1.29, 1.82) is 0 Å². The summed E-state index contributed by atoms with van der Waals surface area (Å²) in [7, 11) is 0. The number of likely N-dealkylation sites (tertiary alicyclic amines) is 1. The number of halogens is 3. The maximum absolute atomic E-state index is 13.1. The molecular formula is C13H17F3N2O4. The number of carbonyl (C=O) groups excluding carboxylic acids is 1. The van der Waals surface area contributed by atoms with Crippen molar-refractivity contribution in [3.05, 3.63) is 23.7 Å². The Morgan fingerprint density at radius 3 is 2.73 bits per heavy atom. The number of hydrogen-bond donors (Lipinski definition) is 3. The fourth-order valence-corrected chi connectivity index (χ4v) is 2.44.